The maximum atomic E-state index is 12.2. The molecule has 0 spiro atoms. The van der Waals surface area contributed by atoms with Crippen LogP contribution in [-0.4, -0.2) is 82.9 Å². The largest absolute Gasteiger partial charge is 0.490 e. The quantitative estimate of drug-likeness (QED) is 0.731. The van der Waals surface area contributed by atoms with Gasteiger partial charge in [-0.15, -0.1) is 0 Å². The highest BCUT2D eigenvalue weighted by Crippen LogP contribution is 2.33. The van der Waals surface area contributed by atoms with Gasteiger partial charge in [0.05, 0.1) is 6.26 Å². The molecule has 13 heteroatoms. The molecule has 0 bridgehead atoms. The third kappa shape index (κ3) is 4.52. The van der Waals surface area contributed by atoms with E-state index in [0.717, 1.165) is 6.42 Å². The standard InChI is InChI=1S/C11H16N4O3S.C2HF3O2/c1-19(17,18)15-5-3-8-6-14(7-10(8)15)11(16)9-2-4-12-13-9;3-2(4,5)1(6)7/h2,4,8,10H,3,5-7H2,1H3,(H,12,13);(H,6,7)/t8-,10+;/m1./s1. The van der Waals surface area contributed by atoms with E-state index in [-0.39, 0.29) is 17.9 Å². The molecule has 3 rings (SSSR count). The number of carbonyl (C=O) groups excluding carboxylic acids is 1. The molecule has 2 saturated heterocycles. The zero-order valence-corrected chi connectivity index (χ0v) is 14.4. The number of likely N-dealkylation sites (tertiary alicyclic amines) is 1. The Bertz CT molecular complexity index is 765. The van der Waals surface area contributed by atoms with Crippen molar-refractivity contribution in [2.75, 3.05) is 25.9 Å². The number of fused-ring (bicyclic) bond motifs is 1. The third-order valence-corrected chi connectivity index (χ3v) is 5.49. The van der Waals surface area contributed by atoms with E-state index in [1.165, 1.54) is 16.8 Å². The second-order valence-electron chi connectivity index (χ2n) is 5.97. The van der Waals surface area contributed by atoms with Crippen LogP contribution in [0.5, 0.6) is 0 Å². The molecule has 146 valence electrons. The van der Waals surface area contributed by atoms with Gasteiger partial charge in [-0.1, -0.05) is 0 Å². The summed E-state index contributed by atoms with van der Waals surface area (Å²) in [6.45, 7) is 1.66. The van der Waals surface area contributed by atoms with Crippen molar-refractivity contribution < 1.29 is 36.3 Å². The second-order valence-corrected chi connectivity index (χ2v) is 7.91. The number of nitrogens with zero attached hydrogens (tertiary/aromatic N) is 3. The van der Waals surface area contributed by atoms with Crippen molar-refractivity contribution in [3.05, 3.63) is 18.0 Å². The molecule has 1 amide bonds. The normalized spacial score (nSPS) is 23.3. The van der Waals surface area contributed by atoms with E-state index in [2.05, 4.69) is 10.2 Å². The van der Waals surface area contributed by atoms with E-state index in [4.69, 9.17) is 9.90 Å². The molecule has 2 atom stereocenters. The first kappa shape index (κ1) is 20.2. The Labute approximate surface area is 146 Å². The fourth-order valence-electron chi connectivity index (χ4n) is 3.05. The number of rotatable bonds is 2. The van der Waals surface area contributed by atoms with Gasteiger partial charge in [-0.25, -0.2) is 13.2 Å². The summed E-state index contributed by atoms with van der Waals surface area (Å²) in [5.41, 5.74) is 0.450. The van der Waals surface area contributed by atoms with Gasteiger partial charge in [-0.05, 0) is 18.4 Å². The van der Waals surface area contributed by atoms with E-state index in [1.54, 1.807) is 11.0 Å². The minimum absolute atomic E-state index is 0.0677. The van der Waals surface area contributed by atoms with Crippen molar-refractivity contribution in [2.24, 2.45) is 5.92 Å². The van der Waals surface area contributed by atoms with Crippen LogP contribution in [0.15, 0.2) is 12.3 Å². The van der Waals surface area contributed by atoms with Gasteiger partial charge in [-0.3, -0.25) is 9.89 Å². The molecule has 2 aliphatic rings. The van der Waals surface area contributed by atoms with Crippen LogP contribution >= 0.6 is 0 Å². The molecular formula is C13H17F3N4O5S. The number of carbonyl (C=O) groups is 2. The topological polar surface area (TPSA) is 124 Å². The summed E-state index contributed by atoms with van der Waals surface area (Å²) in [5.74, 6) is -2.62. The molecule has 1 aromatic rings. The summed E-state index contributed by atoms with van der Waals surface area (Å²) in [5, 5.41) is 13.5. The lowest BCUT2D eigenvalue weighted by Crippen LogP contribution is -2.40. The number of halogens is 3. The molecule has 1 aromatic heterocycles. The summed E-state index contributed by atoms with van der Waals surface area (Å²) in [6, 6.07) is 1.56. The summed E-state index contributed by atoms with van der Waals surface area (Å²) in [7, 11) is -3.18. The molecule has 2 N–H and O–H groups in total. The first-order valence-corrected chi connectivity index (χ1v) is 9.31. The van der Waals surface area contributed by atoms with E-state index < -0.39 is 22.2 Å². The Morgan fingerprint density at radius 2 is 1.96 bits per heavy atom. The summed E-state index contributed by atoms with van der Waals surface area (Å²) < 4.78 is 56.6. The van der Waals surface area contributed by atoms with Gasteiger partial charge >= 0.3 is 12.1 Å². The van der Waals surface area contributed by atoms with Gasteiger partial charge < -0.3 is 10.0 Å². The Hall–Kier alpha value is -2.15. The second kappa shape index (κ2) is 7.23. The molecule has 9 nitrogen and oxygen atoms in total. The monoisotopic (exact) mass is 398 g/mol. The Balaban J connectivity index is 0.000000298. The average molecular weight is 398 g/mol. The Morgan fingerprint density at radius 1 is 1.35 bits per heavy atom. The van der Waals surface area contributed by atoms with Crippen LogP contribution in [0.1, 0.15) is 16.9 Å². The van der Waals surface area contributed by atoms with Gasteiger partial charge in [0.25, 0.3) is 5.91 Å². The zero-order valence-electron chi connectivity index (χ0n) is 13.6. The van der Waals surface area contributed by atoms with Crippen LogP contribution in [0.4, 0.5) is 13.2 Å². The fraction of sp³-hybridized carbons (Fsp3) is 0.615. The number of aromatic amines is 1. The van der Waals surface area contributed by atoms with Crippen molar-refractivity contribution in [2.45, 2.75) is 18.6 Å². The van der Waals surface area contributed by atoms with Crippen LogP contribution < -0.4 is 0 Å². The third-order valence-electron chi connectivity index (χ3n) is 4.18. The van der Waals surface area contributed by atoms with E-state index >= 15 is 0 Å². The number of H-pyrrole nitrogens is 1. The SMILES string of the molecule is CS(=O)(=O)N1CC[C@@H]2CN(C(=O)c3ccn[nH]3)C[C@@H]21.O=C(O)C(F)(F)F. The van der Waals surface area contributed by atoms with Crippen LogP contribution in [-0.2, 0) is 14.8 Å². The lowest BCUT2D eigenvalue weighted by Gasteiger charge is -2.22. The number of carboxylic acids is 1. The molecule has 0 unspecified atom stereocenters. The van der Waals surface area contributed by atoms with E-state index in [1.807, 2.05) is 0 Å². The minimum Gasteiger partial charge on any atom is -0.475 e. The number of sulfonamides is 1. The number of carboxylic acid groups (broad SMARTS) is 1. The van der Waals surface area contributed by atoms with Crippen molar-refractivity contribution >= 4 is 21.9 Å². The van der Waals surface area contributed by atoms with Crippen molar-refractivity contribution in [1.29, 1.82) is 0 Å². The lowest BCUT2D eigenvalue weighted by atomic mass is 10.1. The van der Waals surface area contributed by atoms with Gasteiger partial charge in [0, 0.05) is 31.9 Å². The number of amides is 1. The molecule has 0 aromatic carbocycles. The van der Waals surface area contributed by atoms with Gasteiger partial charge in [0.15, 0.2) is 0 Å². The van der Waals surface area contributed by atoms with Gasteiger partial charge in [0.2, 0.25) is 10.0 Å². The first-order chi connectivity index (χ1) is 11.9. The van der Waals surface area contributed by atoms with Crippen molar-refractivity contribution in [1.82, 2.24) is 19.4 Å². The predicted octanol–water partition coefficient (Wildman–Crippen LogP) is 0.149. The molecule has 0 saturated carbocycles. The van der Waals surface area contributed by atoms with Crippen LogP contribution in [0.2, 0.25) is 0 Å². The molecule has 2 fully saturated rings. The van der Waals surface area contributed by atoms with Crippen molar-refractivity contribution in [3.8, 4) is 0 Å². The van der Waals surface area contributed by atoms with E-state index in [0.29, 0.717) is 25.3 Å². The van der Waals surface area contributed by atoms with Crippen LogP contribution in [0.3, 0.4) is 0 Å². The Morgan fingerprint density at radius 3 is 2.42 bits per heavy atom. The smallest absolute Gasteiger partial charge is 0.475 e. The first-order valence-electron chi connectivity index (χ1n) is 7.47. The molecule has 0 radical (unpaired) electrons. The van der Waals surface area contributed by atoms with Gasteiger partial charge in [0.1, 0.15) is 5.69 Å². The highest BCUT2D eigenvalue weighted by molar-refractivity contribution is 7.88. The molecule has 2 aliphatic heterocycles. The van der Waals surface area contributed by atoms with E-state index in [9.17, 15) is 26.4 Å². The number of hydrogen-bond donors (Lipinski definition) is 2. The zero-order chi connectivity index (χ0) is 19.7. The van der Waals surface area contributed by atoms with Crippen LogP contribution in [0, 0.1) is 5.92 Å². The number of aromatic nitrogens is 2. The van der Waals surface area contributed by atoms with Crippen molar-refractivity contribution in [3.63, 3.8) is 0 Å². The summed E-state index contributed by atoms with van der Waals surface area (Å²) in [6.07, 6.45) is -1.49. The number of alkyl halides is 3. The lowest BCUT2D eigenvalue weighted by molar-refractivity contribution is -0.192. The summed E-state index contributed by atoms with van der Waals surface area (Å²) >= 11 is 0. The molecule has 0 aliphatic carbocycles. The summed E-state index contributed by atoms with van der Waals surface area (Å²) in [4.78, 5) is 22.8. The van der Waals surface area contributed by atoms with Gasteiger partial charge in [-0.2, -0.15) is 22.6 Å². The molecule has 3 heterocycles. The minimum atomic E-state index is -5.08. The molecule has 26 heavy (non-hydrogen) atoms. The maximum Gasteiger partial charge on any atom is 0.490 e. The van der Waals surface area contributed by atoms with Crippen LogP contribution in [0.25, 0.3) is 0 Å². The average Bonchev–Trinajstić information content (AvgIpc) is 3.21. The fourth-order valence-corrected chi connectivity index (χ4v) is 4.21. The highest BCUT2D eigenvalue weighted by Gasteiger charge is 2.46. The predicted molar refractivity (Wildman–Crippen MR) is 81.6 cm³/mol. The number of nitrogens with one attached hydrogen (secondary N) is 1. The highest BCUT2D eigenvalue weighted by atomic mass is 32.2. The molecular weight excluding hydrogens is 381 g/mol. The number of hydrogen-bond acceptors (Lipinski definition) is 5. The maximum absolute atomic E-state index is 12.2. The number of aliphatic carboxylic acids is 1. The Kier molecular flexibility index (Phi) is 5.61.